The highest BCUT2D eigenvalue weighted by atomic mass is 35.5. The lowest BCUT2D eigenvalue weighted by Gasteiger charge is -2.09. The molecular weight excluding hydrogens is 454 g/mol. The van der Waals surface area contributed by atoms with Crippen LogP contribution in [0.25, 0.3) is 5.69 Å². The van der Waals surface area contributed by atoms with Crippen LogP contribution in [0.2, 0.25) is 5.02 Å². The van der Waals surface area contributed by atoms with Gasteiger partial charge in [0.15, 0.2) is 0 Å². The van der Waals surface area contributed by atoms with Crippen molar-refractivity contribution in [3.63, 3.8) is 0 Å². The normalized spacial score (nSPS) is 10.6. The van der Waals surface area contributed by atoms with Gasteiger partial charge in [0.1, 0.15) is 0 Å². The molecule has 2 aromatic heterocycles. The van der Waals surface area contributed by atoms with Crippen molar-refractivity contribution in [2.75, 3.05) is 17.7 Å². The van der Waals surface area contributed by atoms with Crippen molar-refractivity contribution >= 4 is 34.8 Å². The molecule has 8 nitrogen and oxygen atoms in total. The highest BCUT2D eigenvalue weighted by Gasteiger charge is 2.20. The molecule has 0 radical (unpaired) electrons. The van der Waals surface area contributed by atoms with Crippen LogP contribution in [-0.2, 0) is 0 Å². The molecule has 0 aliphatic carbocycles. The van der Waals surface area contributed by atoms with Gasteiger partial charge in [-0.3, -0.25) is 9.59 Å². The molecule has 0 fully saturated rings. The van der Waals surface area contributed by atoms with Crippen molar-refractivity contribution < 1.29 is 14.3 Å². The number of halogens is 1. The van der Waals surface area contributed by atoms with Gasteiger partial charge in [0, 0.05) is 22.3 Å². The zero-order valence-electron chi connectivity index (χ0n) is 18.8. The number of pyridine rings is 1. The molecule has 0 saturated carbocycles. The average molecular weight is 476 g/mol. The Bertz CT molecular complexity index is 1350. The van der Waals surface area contributed by atoms with E-state index < -0.39 is 0 Å². The van der Waals surface area contributed by atoms with E-state index in [1.165, 1.54) is 13.3 Å². The summed E-state index contributed by atoms with van der Waals surface area (Å²) < 4.78 is 6.72. The molecule has 2 heterocycles. The smallest absolute Gasteiger partial charge is 0.259 e. The standard InChI is InChI=1S/C25H22ClN5O3/c1-15-23(16(2)31(30-15)21-10-7-18(26)8-11-21)25(33)28-19-6-4-5-17(13-19)24(32)29-20-9-12-22(34-3)27-14-20/h4-14H,1-3H3,(H,28,33)(H,29,32). The summed E-state index contributed by atoms with van der Waals surface area (Å²) in [4.78, 5) is 29.8. The van der Waals surface area contributed by atoms with Crippen LogP contribution in [0.4, 0.5) is 11.4 Å². The number of hydrogen-bond acceptors (Lipinski definition) is 5. The van der Waals surface area contributed by atoms with Crippen LogP contribution >= 0.6 is 11.6 Å². The van der Waals surface area contributed by atoms with Gasteiger partial charge in [-0.15, -0.1) is 0 Å². The lowest BCUT2D eigenvalue weighted by Crippen LogP contribution is -2.16. The Kier molecular flexibility index (Phi) is 6.60. The van der Waals surface area contributed by atoms with Crippen molar-refractivity contribution in [2.45, 2.75) is 13.8 Å². The molecule has 2 N–H and O–H groups in total. The third kappa shape index (κ3) is 4.92. The number of nitrogens with zero attached hydrogens (tertiary/aromatic N) is 3. The molecule has 4 aromatic rings. The summed E-state index contributed by atoms with van der Waals surface area (Å²) in [6.07, 6.45) is 1.51. The predicted octanol–water partition coefficient (Wildman–Crippen LogP) is 5.05. The van der Waals surface area contributed by atoms with Crippen LogP contribution in [0.15, 0.2) is 66.9 Å². The minimum Gasteiger partial charge on any atom is -0.481 e. The first-order valence-electron chi connectivity index (χ1n) is 10.4. The summed E-state index contributed by atoms with van der Waals surface area (Å²) in [6.45, 7) is 3.61. The van der Waals surface area contributed by atoms with Gasteiger partial charge in [0.25, 0.3) is 11.8 Å². The van der Waals surface area contributed by atoms with E-state index in [9.17, 15) is 9.59 Å². The molecule has 34 heavy (non-hydrogen) atoms. The van der Waals surface area contributed by atoms with E-state index >= 15 is 0 Å². The first-order valence-corrected chi connectivity index (χ1v) is 10.8. The van der Waals surface area contributed by atoms with Gasteiger partial charge < -0.3 is 15.4 Å². The maximum absolute atomic E-state index is 13.1. The molecule has 0 aliphatic rings. The maximum Gasteiger partial charge on any atom is 0.259 e. The molecule has 9 heteroatoms. The maximum atomic E-state index is 13.1. The second-order valence-electron chi connectivity index (χ2n) is 7.51. The number of hydrogen-bond donors (Lipinski definition) is 2. The van der Waals surface area contributed by atoms with Gasteiger partial charge in [-0.2, -0.15) is 5.10 Å². The van der Waals surface area contributed by atoms with Gasteiger partial charge in [0.05, 0.1) is 41.6 Å². The number of anilines is 2. The van der Waals surface area contributed by atoms with E-state index in [2.05, 4.69) is 20.7 Å². The Morgan fingerprint density at radius 3 is 2.35 bits per heavy atom. The molecular formula is C25H22ClN5O3. The number of benzene rings is 2. The summed E-state index contributed by atoms with van der Waals surface area (Å²) in [5, 5.41) is 10.8. The highest BCUT2D eigenvalue weighted by molar-refractivity contribution is 6.30. The van der Waals surface area contributed by atoms with E-state index in [0.717, 1.165) is 5.69 Å². The SMILES string of the molecule is COc1ccc(NC(=O)c2cccc(NC(=O)c3c(C)nn(-c4ccc(Cl)cc4)c3C)c2)cn1. The summed E-state index contributed by atoms with van der Waals surface area (Å²) in [5.74, 6) is -0.189. The van der Waals surface area contributed by atoms with Crippen LogP contribution in [-0.4, -0.2) is 33.7 Å². The molecule has 0 aliphatic heterocycles. The first-order chi connectivity index (χ1) is 16.4. The molecule has 2 aromatic carbocycles. The second kappa shape index (κ2) is 9.76. The number of nitrogens with one attached hydrogen (secondary N) is 2. The van der Waals surface area contributed by atoms with Crippen LogP contribution in [0, 0.1) is 13.8 Å². The number of aromatic nitrogens is 3. The summed E-state index contributed by atoms with van der Waals surface area (Å²) in [6, 6.07) is 17.3. The quantitative estimate of drug-likeness (QED) is 0.406. The minimum absolute atomic E-state index is 0.313. The van der Waals surface area contributed by atoms with Crippen LogP contribution in [0.3, 0.4) is 0 Å². The van der Waals surface area contributed by atoms with Crippen LogP contribution in [0.5, 0.6) is 5.88 Å². The largest absolute Gasteiger partial charge is 0.481 e. The summed E-state index contributed by atoms with van der Waals surface area (Å²) in [5.41, 5.74) is 3.96. The topological polar surface area (TPSA) is 98.1 Å². The zero-order chi connectivity index (χ0) is 24.2. The van der Waals surface area contributed by atoms with E-state index in [4.69, 9.17) is 16.3 Å². The van der Waals surface area contributed by atoms with Crippen molar-refractivity contribution in [3.05, 3.63) is 94.4 Å². The molecule has 0 unspecified atom stereocenters. The fraction of sp³-hybridized carbons (Fsp3) is 0.120. The Morgan fingerprint density at radius 1 is 0.941 bits per heavy atom. The van der Waals surface area contributed by atoms with Crippen LogP contribution in [0.1, 0.15) is 32.1 Å². The minimum atomic E-state index is -0.328. The number of aryl methyl sites for hydroxylation is 1. The Morgan fingerprint density at radius 2 is 1.68 bits per heavy atom. The molecule has 0 spiro atoms. The van der Waals surface area contributed by atoms with Gasteiger partial charge in [0.2, 0.25) is 5.88 Å². The molecule has 172 valence electrons. The fourth-order valence-corrected chi connectivity index (χ4v) is 3.64. The second-order valence-corrected chi connectivity index (χ2v) is 7.95. The number of methoxy groups -OCH3 is 1. The van der Waals surface area contributed by atoms with Crippen LogP contribution < -0.4 is 15.4 Å². The number of carbonyl (C=O) groups excluding carboxylic acids is 2. The number of amides is 2. The number of carbonyl (C=O) groups is 2. The molecule has 4 rings (SSSR count). The van der Waals surface area contributed by atoms with E-state index in [1.807, 2.05) is 19.1 Å². The fourth-order valence-electron chi connectivity index (χ4n) is 3.52. The van der Waals surface area contributed by atoms with Gasteiger partial charge in [-0.1, -0.05) is 17.7 Å². The van der Waals surface area contributed by atoms with Gasteiger partial charge in [-0.25, -0.2) is 9.67 Å². The van der Waals surface area contributed by atoms with Gasteiger partial charge >= 0.3 is 0 Å². The van der Waals surface area contributed by atoms with E-state index in [-0.39, 0.29) is 11.8 Å². The van der Waals surface area contributed by atoms with E-state index in [1.54, 1.807) is 60.1 Å². The lowest BCUT2D eigenvalue weighted by atomic mass is 10.1. The number of ether oxygens (including phenoxy) is 1. The zero-order valence-corrected chi connectivity index (χ0v) is 19.6. The average Bonchev–Trinajstić information content (AvgIpc) is 3.14. The monoisotopic (exact) mass is 475 g/mol. The molecule has 0 saturated heterocycles. The highest BCUT2D eigenvalue weighted by Crippen LogP contribution is 2.22. The third-order valence-corrected chi connectivity index (χ3v) is 5.43. The third-order valence-electron chi connectivity index (χ3n) is 5.18. The Balaban J connectivity index is 1.51. The Hall–Kier alpha value is -4.17. The lowest BCUT2D eigenvalue weighted by molar-refractivity contribution is 0.101. The van der Waals surface area contributed by atoms with Crippen molar-refractivity contribution in [1.29, 1.82) is 0 Å². The first kappa shape index (κ1) is 23.0. The molecule has 0 bridgehead atoms. The molecule has 2 amide bonds. The molecule has 0 atom stereocenters. The summed E-state index contributed by atoms with van der Waals surface area (Å²) >= 11 is 5.98. The predicted molar refractivity (Wildman–Crippen MR) is 131 cm³/mol. The van der Waals surface area contributed by atoms with E-state index in [0.29, 0.717) is 44.8 Å². The van der Waals surface area contributed by atoms with Gasteiger partial charge in [-0.05, 0) is 62.4 Å². The van der Waals surface area contributed by atoms with Crippen molar-refractivity contribution in [3.8, 4) is 11.6 Å². The Labute approximate surface area is 201 Å². The van der Waals surface area contributed by atoms with Crippen molar-refractivity contribution in [1.82, 2.24) is 14.8 Å². The van der Waals surface area contributed by atoms with Crippen molar-refractivity contribution in [2.24, 2.45) is 0 Å². The number of rotatable bonds is 6. The summed E-state index contributed by atoms with van der Waals surface area (Å²) in [7, 11) is 1.52.